The standard InChI is InChI=1S/C18H16O.C12H12OS/c1-13-4-8-17(9-5-13)19-18-10-7-15-11-14(2)3-6-16(15)12-18;1-9-3-6-11(7-4-9)13-12-8-5-10(2)14-12/h3-12H,1-2H3;3-8H,1-2H3. The molecule has 0 bridgehead atoms. The molecular formula is C30H28O2S. The molecule has 5 aromatic rings. The minimum Gasteiger partial charge on any atom is -0.457 e. The van der Waals surface area contributed by atoms with Crippen LogP contribution in [0.5, 0.6) is 22.3 Å². The van der Waals surface area contributed by atoms with E-state index in [0.29, 0.717) is 0 Å². The van der Waals surface area contributed by atoms with Crippen molar-refractivity contribution in [2.75, 3.05) is 0 Å². The summed E-state index contributed by atoms with van der Waals surface area (Å²) in [5, 5.41) is 3.40. The zero-order valence-corrected chi connectivity index (χ0v) is 20.3. The predicted octanol–water partition coefficient (Wildman–Crippen LogP) is 9.41. The number of rotatable bonds is 4. The molecule has 0 unspecified atom stereocenters. The minimum absolute atomic E-state index is 0.872. The molecule has 0 saturated heterocycles. The van der Waals surface area contributed by atoms with Crippen molar-refractivity contribution < 1.29 is 9.47 Å². The zero-order chi connectivity index (χ0) is 23.2. The van der Waals surface area contributed by atoms with E-state index < -0.39 is 0 Å². The molecule has 0 aliphatic rings. The maximum absolute atomic E-state index is 5.87. The highest BCUT2D eigenvalue weighted by Crippen LogP contribution is 2.29. The number of hydrogen-bond acceptors (Lipinski definition) is 3. The molecule has 0 saturated carbocycles. The summed E-state index contributed by atoms with van der Waals surface area (Å²) in [6.45, 7) is 8.32. The van der Waals surface area contributed by atoms with Crippen LogP contribution in [0.2, 0.25) is 0 Å². The van der Waals surface area contributed by atoms with Gasteiger partial charge in [0.2, 0.25) is 0 Å². The smallest absolute Gasteiger partial charge is 0.181 e. The van der Waals surface area contributed by atoms with E-state index in [2.05, 4.69) is 88.4 Å². The molecule has 0 aliphatic carbocycles. The van der Waals surface area contributed by atoms with Crippen molar-refractivity contribution in [3.05, 3.63) is 119 Å². The van der Waals surface area contributed by atoms with Crippen LogP contribution in [-0.4, -0.2) is 0 Å². The van der Waals surface area contributed by atoms with Gasteiger partial charge < -0.3 is 9.47 Å². The lowest BCUT2D eigenvalue weighted by Crippen LogP contribution is -1.85. The molecule has 0 N–H and O–H groups in total. The average molecular weight is 453 g/mol. The minimum atomic E-state index is 0.872. The van der Waals surface area contributed by atoms with E-state index in [4.69, 9.17) is 9.47 Å². The van der Waals surface area contributed by atoms with E-state index in [0.717, 1.165) is 22.3 Å². The molecule has 2 nitrogen and oxygen atoms in total. The maximum Gasteiger partial charge on any atom is 0.181 e. The SMILES string of the molecule is Cc1ccc(Oc2ccc(C)s2)cc1.Cc1ccc(Oc2ccc3cc(C)ccc3c2)cc1. The summed E-state index contributed by atoms with van der Waals surface area (Å²) < 4.78 is 11.5. The Bertz CT molecular complexity index is 1330. The largest absolute Gasteiger partial charge is 0.457 e. The maximum atomic E-state index is 5.87. The molecular weight excluding hydrogens is 424 g/mol. The summed E-state index contributed by atoms with van der Waals surface area (Å²) in [6, 6.07) is 32.9. The summed E-state index contributed by atoms with van der Waals surface area (Å²) in [5.74, 6) is 2.65. The highest BCUT2D eigenvalue weighted by atomic mass is 32.1. The van der Waals surface area contributed by atoms with Crippen LogP contribution < -0.4 is 9.47 Å². The summed E-state index contributed by atoms with van der Waals surface area (Å²) in [7, 11) is 0. The molecule has 33 heavy (non-hydrogen) atoms. The third-order valence-electron chi connectivity index (χ3n) is 5.18. The zero-order valence-electron chi connectivity index (χ0n) is 19.5. The molecule has 0 spiro atoms. The Hall–Kier alpha value is -3.56. The van der Waals surface area contributed by atoms with Gasteiger partial charge in [0.25, 0.3) is 0 Å². The van der Waals surface area contributed by atoms with Gasteiger partial charge >= 0.3 is 0 Å². The second-order valence-electron chi connectivity index (χ2n) is 8.21. The number of benzene rings is 4. The molecule has 1 heterocycles. The van der Waals surface area contributed by atoms with Crippen LogP contribution in [0.1, 0.15) is 21.6 Å². The van der Waals surface area contributed by atoms with Crippen LogP contribution in [0.4, 0.5) is 0 Å². The third kappa shape index (κ3) is 6.47. The Labute approximate surface area is 200 Å². The first kappa shape index (κ1) is 22.6. The number of fused-ring (bicyclic) bond motifs is 1. The number of aryl methyl sites for hydroxylation is 4. The van der Waals surface area contributed by atoms with E-state index in [1.165, 1.54) is 32.3 Å². The first-order valence-electron chi connectivity index (χ1n) is 11.0. The second kappa shape index (κ2) is 10.4. The number of hydrogen-bond donors (Lipinski definition) is 0. The van der Waals surface area contributed by atoms with Gasteiger partial charge in [0, 0.05) is 4.88 Å². The third-order valence-corrected chi connectivity index (χ3v) is 6.06. The van der Waals surface area contributed by atoms with Gasteiger partial charge in [0.05, 0.1) is 0 Å². The van der Waals surface area contributed by atoms with Gasteiger partial charge in [-0.2, -0.15) is 0 Å². The lowest BCUT2D eigenvalue weighted by molar-refractivity contribution is 0.483. The van der Waals surface area contributed by atoms with Crippen LogP contribution in [0, 0.1) is 27.7 Å². The van der Waals surface area contributed by atoms with Gasteiger partial charge in [-0.1, -0.05) is 65.2 Å². The van der Waals surface area contributed by atoms with Crippen LogP contribution >= 0.6 is 11.3 Å². The van der Waals surface area contributed by atoms with Gasteiger partial charge in [0.1, 0.15) is 17.2 Å². The van der Waals surface area contributed by atoms with Gasteiger partial charge in [0.15, 0.2) is 5.06 Å². The van der Waals surface area contributed by atoms with E-state index in [1.54, 1.807) is 11.3 Å². The van der Waals surface area contributed by atoms with Gasteiger partial charge in [-0.05, 0) is 87.0 Å². The lowest BCUT2D eigenvalue weighted by Gasteiger charge is -2.07. The highest BCUT2D eigenvalue weighted by Gasteiger charge is 2.00. The number of thiophene rings is 1. The van der Waals surface area contributed by atoms with Gasteiger partial charge in [-0.3, -0.25) is 0 Å². The molecule has 0 atom stereocenters. The molecule has 5 rings (SSSR count). The van der Waals surface area contributed by atoms with Gasteiger partial charge in [-0.25, -0.2) is 0 Å². The monoisotopic (exact) mass is 452 g/mol. The molecule has 4 aromatic carbocycles. The van der Waals surface area contributed by atoms with Crippen molar-refractivity contribution in [1.29, 1.82) is 0 Å². The quantitative estimate of drug-likeness (QED) is 0.270. The molecule has 0 fully saturated rings. The van der Waals surface area contributed by atoms with E-state index in [9.17, 15) is 0 Å². The molecule has 0 amide bonds. The van der Waals surface area contributed by atoms with Gasteiger partial charge in [-0.15, -0.1) is 11.3 Å². The van der Waals surface area contributed by atoms with Crippen LogP contribution in [0.25, 0.3) is 10.8 Å². The molecule has 0 radical (unpaired) electrons. The summed E-state index contributed by atoms with van der Waals surface area (Å²) in [5.41, 5.74) is 3.76. The Kier molecular flexibility index (Phi) is 7.11. The lowest BCUT2D eigenvalue weighted by atomic mass is 10.1. The molecule has 3 heteroatoms. The average Bonchev–Trinajstić information content (AvgIpc) is 3.22. The van der Waals surface area contributed by atoms with Crippen molar-refractivity contribution in [1.82, 2.24) is 0 Å². The Morgan fingerprint density at radius 1 is 0.455 bits per heavy atom. The van der Waals surface area contributed by atoms with Crippen molar-refractivity contribution in [3.8, 4) is 22.3 Å². The molecule has 0 aliphatic heterocycles. The second-order valence-corrected chi connectivity index (χ2v) is 9.46. The fourth-order valence-corrected chi connectivity index (χ4v) is 4.07. The summed E-state index contributed by atoms with van der Waals surface area (Å²) in [4.78, 5) is 1.27. The highest BCUT2D eigenvalue weighted by molar-refractivity contribution is 7.13. The summed E-state index contributed by atoms with van der Waals surface area (Å²) in [6.07, 6.45) is 0. The van der Waals surface area contributed by atoms with E-state index >= 15 is 0 Å². The Morgan fingerprint density at radius 2 is 0.970 bits per heavy atom. The van der Waals surface area contributed by atoms with Crippen molar-refractivity contribution in [2.24, 2.45) is 0 Å². The summed E-state index contributed by atoms with van der Waals surface area (Å²) >= 11 is 1.66. The fourth-order valence-electron chi connectivity index (χ4n) is 3.34. The molecule has 166 valence electrons. The topological polar surface area (TPSA) is 18.5 Å². The van der Waals surface area contributed by atoms with E-state index in [-0.39, 0.29) is 0 Å². The fraction of sp³-hybridized carbons (Fsp3) is 0.133. The van der Waals surface area contributed by atoms with E-state index in [1.807, 2.05) is 36.4 Å². The van der Waals surface area contributed by atoms with Crippen LogP contribution in [-0.2, 0) is 0 Å². The molecule has 1 aromatic heterocycles. The normalized spacial score (nSPS) is 10.4. The van der Waals surface area contributed by atoms with Crippen molar-refractivity contribution in [2.45, 2.75) is 27.7 Å². The first-order chi connectivity index (χ1) is 15.9. The van der Waals surface area contributed by atoms with Crippen molar-refractivity contribution >= 4 is 22.1 Å². The Morgan fingerprint density at radius 3 is 1.58 bits per heavy atom. The number of ether oxygens (including phenoxy) is 2. The predicted molar refractivity (Wildman–Crippen MR) is 140 cm³/mol. The van der Waals surface area contributed by atoms with Crippen LogP contribution in [0.3, 0.4) is 0 Å². The van der Waals surface area contributed by atoms with Crippen molar-refractivity contribution in [3.63, 3.8) is 0 Å². The first-order valence-corrected chi connectivity index (χ1v) is 11.8. The van der Waals surface area contributed by atoms with Crippen LogP contribution in [0.15, 0.2) is 97.1 Å². The Balaban J connectivity index is 0.000000165.